The molecule has 0 aliphatic heterocycles. The fourth-order valence-corrected chi connectivity index (χ4v) is 0.852. The van der Waals surface area contributed by atoms with Gasteiger partial charge in [0.25, 0.3) is 0 Å². The molecule has 0 aliphatic carbocycles. The highest BCUT2D eigenvalue weighted by Crippen LogP contribution is 2.19. The lowest BCUT2D eigenvalue weighted by Crippen LogP contribution is -2.18. The van der Waals surface area contributed by atoms with Crippen molar-refractivity contribution in [2.24, 2.45) is 0 Å². The van der Waals surface area contributed by atoms with Gasteiger partial charge in [-0.25, -0.2) is 0 Å². The fourth-order valence-electron chi connectivity index (χ4n) is 0.197. The minimum absolute atomic E-state index is 0.201. The maximum absolute atomic E-state index is 4.70. The fraction of sp³-hybridized carbons (Fsp3) is 0.800. The van der Waals surface area contributed by atoms with E-state index in [1.54, 1.807) is 11.9 Å². The molecule has 9 heavy (non-hydrogen) atoms. The van der Waals surface area contributed by atoms with E-state index in [0.29, 0.717) is 4.32 Å². The van der Waals surface area contributed by atoms with Crippen LogP contribution in [0.15, 0.2) is 0 Å². The Kier molecular flexibility index (Phi) is 3.93. The Labute approximate surface area is 71.5 Å². The number of hydrogen-bond acceptors (Lipinski definition) is 2. The van der Waals surface area contributed by atoms with Crippen molar-refractivity contribution in [1.29, 1.82) is 0 Å². The highest BCUT2D eigenvalue weighted by Gasteiger charge is 2.09. The van der Waals surface area contributed by atoms with Crippen molar-refractivity contribution in [3.63, 3.8) is 0 Å². The predicted octanol–water partition coefficient (Wildman–Crippen LogP) is 2.24. The number of thiol groups is 1. The van der Waals surface area contributed by atoms with Crippen molar-refractivity contribution >= 4 is 41.1 Å². The first-order valence-corrected chi connectivity index (χ1v) is 4.26. The SMILES string of the molecule is CC(C)(C)SNC(=S)S. The molecular formula is C5H11NS3. The van der Waals surface area contributed by atoms with E-state index in [4.69, 9.17) is 12.2 Å². The number of hydrogen-bond donors (Lipinski definition) is 2. The van der Waals surface area contributed by atoms with Gasteiger partial charge in [-0.1, -0.05) is 12.2 Å². The molecule has 0 saturated heterocycles. The molecule has 0 amide bonds. The van der Waals surface area contributed by atoms with Gasteiger partial charge in [0.1, 0.15) is 4.32 Å². The van der Waals surface area contributed by atoms with E-state index >= 15 is 0 Å². The Morgan fingerprint density at radius 2 is 2.00 bits per heavy atom. The van der Waals surface area contributed by atoms with Gasteiger partial charge in [0.15, 0.2) is 0 Å². The summed E-state index contributed by atoms with van der Waals surface area (Å²) in [5.74, 6) is 0. The summed E-state index contributed by atoms with van der Waals surface area (Å²) in [6.07, 6.45) is 0. The Balaban J connectivity index is 3.39. The Morgan fingerprint density at radius 1 is 1.56 bits per heavy atom. The first-order chi connectivity index (χ1) is 3.92. The Bertz CT molecular complexity index is 105. The molecular weight excluding hydrogens is 170 g/mol. The van der Waals surface area contributed by atoms with E-state index in [0.717, 1.165) is 0 Å². The van der Waals surface area contributed by atoms with Gasteiger partial charge < -0.3 is 4.72 Å². The van der Waals surface area contributed by atoms with Crippen LogP contribution in [0.5, 0.6) is 0 Å². The average Bonchev–Trinajstić information content (AvgIpc) is 1.59. The van der Waals surface area contributed by atoms with Crippen molar-refractivity contribution < 1.29 is 0 Å². The molecule has 0 aromatic carbocycles. The third-order valence-electron chi connectivity index (χ3n) is 0.445. The smallest absolute Gasteiger partial charge is 0.140 e. The van der Waals surface area contributed by atoms with Gasteiger partial charge in [0, 0.05) is 4.75 Å². The van der Waals surface area contributed by atoms with Gasteiger partial charge in [-0.15, -0.1) is 12.6 Å². The zero-order chi connectivity index (χ0) is 7.49. The van der Waals surface area contributed by atoms with Crippen molar-refractivity contribution in [1.82, 2.24) is 4.72 Å². The van der Waals surface area contributed by atoms with E-state index in [-0.39, 0.29) is 4.75 Å². The van der Waals surface area contributed by atoms with Crippen molar-refractivity contribution in [3.05, 3.63) is 0 Å². The lowest BCUT2D eigenvalue weighted by atomic mass is 10.3. The summed E-state index contributed by atoms with van der Waals surface area (Å²) in [5, 5.41) is 0. The topological polar surface area (TPSA) is 12.0 Å². The molecule has 0 aromatic rings. The van der Waals surface area contributed by atoms with Gasteiger partial charge in [-0.05, 0) is 32.7 Å². The highest BCUT2D eigenvalue weighted by molar-refractivity contribution is 8.13. The molecule has 0 atom stereocenters. The van der Waals surface area contributed by atoms with Crippen molar-refractivity contribution in [2.75, 3.05) is 0 Å². The molecule has 0 spiro atoms. The zero-order valence-corrected chi connectivity index (χ0v) is 8.29. The monoisotopic (exact) mass is 181 g/mol. The maximum Gasteiger partial charge on any atom is 0.140 e. The molecule has 0 unspecified atom stereocenters. The first kappa shape index (κ1) is 9.59. The van der Waals surface area contributed by atoms with Crippen LogP contribution >= 0.6 is 36.8 Å². The summed E-state index contributed by atoms with van der Waals surface area (Å²) in [7, 11) is 0. The molecule has 0 aliphatic rings. The lowest BCUT2D eigenvalue weighted by molar-refractivity contribution is 0.801. The number of rotatable bonds is 1. The van der Waals surface area contributed by atoms with Crippen LogP contribution in [-0.2, 0) is 0 Å². The van der Waals surface area contributed by atoms with Crippen LogP contribution in [0, 0.1) is 0 Å². The van der Waals surface area contributed by atoms with Gasteiger partial charge in [0.05, 0.1) is 0 Å². The number of nitrogens with one attached hydrogen (secondary N) is 1. The minimum atomic E-state index is 0.201. The van der Waals surface area contributed by atoms with Crippen molar-refractivity contribution in [3.8, 4) is 0 Å². The summed E-state index contributed by atoms with van der Waals surface area (Å²) >= 11 is 10.2. The standard InChI is InChI=1S/C5H11NS3/c1-5(2,3)9-6-4(7)8/h1-3H3,(H2,6,7,8). The van der Waals surface area contributed by atoms with E-state index < -0.39 is 0 Å². The summed E-state index contributed by atoms with van der Waals surface area (Å²) in [6.45, 7) is 6.32. The largest absolute Gasteiger partial charge is 0.315 e. The second-order valence-corrected chi connectivity index (χ2v) is 5.41. The Hall–Kier alpha value is 0.590. The van der Waals surface area contributed by atoms with Crippen LogP contribution in [0.4, 0.5) is 0 Å². The predicted molar refractivity (Wildman–Crippen MR) is 52.1 cm³/mol. The maximum atomic E-state index is 4.70. The lowest BCUT2D eigenvalue weighted by Gasteiger charge is -2.16. The van der Waals surface area contributed by atoms with Crippen LogP contribution in [-0.4, -0.2) is 9.07 Å². The van der Waals surface area contributed by atoms with Gasteiger partial charge >= 0.3 is 0 Å². The van der Waals surface area contributed by atoms with Gasteiger partial charge in [-0.2, -0.15) is 0 Å². The van der Waals surface area contributed by atoms with Gasteiger partial charge in [0.2, 0.25) is 0 Å². The summed E-state index contributed by atoms with van der Waals surface area (Å²) in [4.78, 5) is 0. The molecule has 54 valence electrons. The van der Waals surface area contributed by atoms with E-state index in [2.05, 4.69) is 38.1 Å². The highest BCUT2D eigenvalue weighted by atomic mass is 32.2. The van der Waals surface area contributed by atoms with Gasteiger partial charge in [-0.3, -0.25) is 0 Å². The van der Waals surface area contributed by atoms with Crippen LogP contribution in [0.2, 0.25) is 0 Å². The molecule has 0 radical (unpaired) electrons. The summed E-state index contributed by atoms with van der Waals surface area (Å²) in [5.41, 5.74) is 0. The number of thiocarbonyl (C=S) groups is 1. The van der Waals surface area contributed by atoms with Crippen LogP contribution in [0.1, 0.15) is 20.8 Å². The second-order valence-electron chi connectivity index (χ2n) is 2.62. The van der Waals surface area contributed by atoms with Crippen LogP contribution in [0.25, 0.3) is 0 Å². The molecule has 1 nitrogen and oxygen atoms in total. The molecule has 1 N–H and O–H groups in total. The summed E-state index contributed by atoms with van der Waals surface area (Å²) in [6, 6.07) is 0. The first-order valence-electron chi connectivity index (χ1n) is 2.59. The molecule has 0 aromatic heterocycles. The van der Waals surface area contributed by atoms with E-state index in [9.17, 15) is 0 Å². The quantitative estimate of drug-likeness (QED) is 0.366. The second kappa shape index (κ2) is 3.68. The molecule has 0 saturated carbocycles. The molecule has 0 fully saturated rings. The molecule has 0 rings (SSSR count). The van der Waals surface area contributed by atoms with Crippen molar-refractivity contribution in [2.45, 2.75) is 25.5 Å². The zero-order valence-electron chi connectivity index (χ0n) is 5.76. The minimum Gasteiger partial charge on any atom is -0.315 e. The average molecular weight is 181 g/mol. The molecule has 4 heteroatoms. The van der Waals surface area contributed by atoms with E-state index in [1.807, 2.05) is 0 Å². The van der Waals surface area contributed by atoms with E-state index in [1.165, 1.54) is 0 Å². The Morgan fingerprint density at radius 3 is 2.11 bits per heavy atom. The van der Waals surface area contributed by atoms with Crippen LogP contribution in [0.3, 0.4) is 0 Å². The third-order valence-corrected chi connectivity index (χ3v) is 1.86. The normalized spacial score (nSPS) is 11.1. The third kappa shape index (κ3) is 8.59. The molecule has 0 bridgehead atoms. The van der Waals surface area contributed by atoms with Crippen LogP contribution < -0.4 is 4.72 Å². The molecule has 0 heterocycles. The summed E-state index contributed by atoms with van der Waals surface area (Å²) < 4.78 is 3.64.